The molecule has 0 spiro atoms. The van der Waals surface area contributed by atoms with E-state index in [1.54, 1.807) is 0 Å². The maximum Gasteiger partial charge on any atom is 0.191 e. The third-order valence-electron chi connectivity index (χ3n) is 3.59. The predicted molar refractivity (Wildman–Crippen MR) is 103 cm³/mol. The van der Waals surface area contributed by atoms with Gasteiger partial charge in [0.1, 0.15) is 5.82 Å². The van der Waals surface area contributed by atoms with Gasteiger partial charge in [0.05, 0.1) is 24.2 Å². The number of rotatable bonds is 5. The Morgan fingerprint density at radius 3 is 2.62 bits per heavy atom. The van der Waals surface area contributed by atoms with Crippen LogP contribution < -0.4 is 10.6 Å². The molecule has 0 saturated carbocycles. The average molecular weight is 471 g/mol. The third-order valence-corrected chi connectivity index (χ3v) is 5.36. The van der Waals surface area contributed by atoms with Crippen LogP contribution in [-0.2, 0) is 9.84 Å². The molecule has 0 aliphatic carbocycles. The summed E-state index contributed by atoms with van der Waals surface area (Å²) in [6.45, 7) is 2.62. The van der Waals surface area contributed by atoms with Crippen LogP contribution >= 0.6 is 24.0 Å². The first-order chi connectivity index (χ1) is 10.9. The molecule has 1 heterocycles. The van der Waals surface area contributed by atoms with E-state index in [0.29, 0.717) is 24.5 Å². The van der Waals surface area contributed by atoms with E-state index in [1.807, 2.05) is 6.92 Å². The maximum atomic E-state index is 12.9. The number of aliphatic imine (C=N–C) groups is 1. The Balaban J connectivity index is 0.00000288. The summed E-state index contributed by atoms with van der Waals surface area (Å²) in [5.41, 5.74) is 0.578. The zero-order valence-corrected chi connectivity index (χ0v) is 16.6. The van der Waals surface area contributed by atoms with E-state index >= 15 is 0 Å². The topological polar surface area (TPSA) is 90.8 Å². The van der Waals surface area contributed by atoms with Gasteiger partial charge in [0, 0.05) is 12.6 Å². The third kappa shape index (κ3) is 6.52. The fraction of sp³-hybridized carbons (Fsp3) is 0.533. The molecular formula is C15H23FIN3O3S. The van der Waals surface area contributed by atoms with E-state index in [4.69, 9.17) is 0 Å². The van der Waals surface area contributed by atoms with Crippen molar-refractivity contribution in [3.8, 4) is 0 Å². The molecule has 24 heavy (non-hydrogen) atoms. The van der Waals surface area contributed by atoms with E-state index in [9.17, 15) is 17.9 Å². The Morgan fingerprint density at radius 1 is 1.42 bits per heavy atom. The van der Waals surface area contributed by atoms with Crippen molar-refractivity contribution in [3.63, 3.8) is 0 Å². The lowest BCUT2D eigenvalue weighted by Crippen LogP contribution is -2.44. The minimum Gasteiger partial charge on any atom is -0.386 e. The molecule has 1 aliphatic rings. The van der Waals surface area contributed by atoms with Gasteiger partial charge in [-0.05, 0) is 31.0 Å². The summed E-state index contributed by atoms with van der Waals surface area (Å²) in [5, 5.41) is 16.2. The van der Waals surface area contributed by atoms with Crippen molar-refractivity contribution in [2.24, 2.45) is 4.99 Å². The lowest BCUT2D eigenvalue weighted by Gasteiger charge is -2.16. The number of nitrogens with zero attached hydrogens (tertiary/aromatic N) is 1. The minimum atomic E-state index is -2.96. The Hall–Kier alpha value is -0.940. The fourth-order valence-electron chi connectivity index (χ4n) is 2.39. The van der Waals surface area contributed by atoms with Crippen molar-refractivity contribution in [1.82, 2.24) is 10.6 Å². The van der Waals surface area contributed by atoms with E-state index in [-0.39, 0.29) is 53.9 Å². The molecule has 0 aromatic heterocycles. The Labute approximate surface area is 158 Å². The summed E-state index contributed by atoms with van der Waals surface area (Å²) in [6, 6.07) is 5.43. The number of halogens is 2. The highest BCUT2D eigenvalue weighted by molar-refractivity contribution is 14.0. The van der Waals surface area contributed by atoms with E-state index in [0.717, 1.165) is 0 Å². The van der Waals surface area contributed by atoms with Crippen LogP contribution in [0, 0.1) is 5.82 Å². The van der Waals surface area contributed by atoms with Crippen molar-refractivity contribution >= 4 is 39.8 Å². The van der Waals surface area contributed by atoms with Crippen LogP contribution in [0.3, 0.4) is 0 Å². The summed E-state index contributed by atoms with van der Waals surface area (Å²) in [4.78, 5) is 4.28. The van der Waals surface area contributed by atoms with Crippen LogP contribution in [0.2, 0.25) is 0 Å². The van der Waals surface area contributed by atoms with Gasteiger partial charge in [-0.3, -0.25) is 4.99 Å². The predicted octanol–water partition coefficient (Wildman–Crippen LogP) is 1.22. The Bertz CT molecular complexity index is 652. The van der Waals surface area contributed by atoms with Gasteiger partial charge in [-0.25, -0.2) is 12.8 Å². The van der Waals surface area contributed by atoms with Crippen LogP contribution in [-0.4, -0.2) is 50.1 Å². The lowest BCUT2D eigenvalue weighted by atomic mass is 10.1. The van der Waals surface area contributed by atoms with E-state index in [2.05, 4.69) is 15.6 Å². The molecule has 2 atom stereocenters. The smallest absolute Gasteiger partial charge is 0.191 e. The number of benzene rings is 1. The van der Waals surface area contributed by atoms with Crippen molar-refractivity contribution < 1.29 is 17.9 Å². The molecule has 9 heteroatoms. The van der Waals surface area contributed by atoms with Crippen molar-refractivity contribution in [3.05, 3.63) is 35.6 Å². The van der Waals surface area contributed by atoms with Gasteiger partial charge < -0.3 is 15.7 Å². The molecule has 0 amide bonds. The first-order valence-corrected chi connectivity index (χ1v) is 9.40. The Morgan fingerprint density at radius 2 is 2.08 bits per heavy atom. The van der Waals surface area contributed by atoms with Gasteiger partial charge in [0.2, 0.25) is 0 Å². The molecule has 1 fully saturated rings. The number of hydrogen-bond donors (Lipinski definition) is 3. The number of aliphatic hydroxyl groups is 1. The summed E-state index contributed by atoms with van der Waals surface area (Å²) in [5.74, 6) is 0.387. The molecule has 0 bridgehead atoms. The number of guanidine groups is 1. The minimum absolute atomic E-state index is 0. The number of sulfone groups is 1. The highest BCUT2D eigenvalue weighted by Gasteiger charge is 2.28. The molecular weight excluding hydrogens is 448 g/mol. The second-order valence-corrected chi connectivity index (χ2v) is 7.76. The monoisotopic (exact) mass is 471 g/mol. The van der Waals surface area contributed by atoms with E-state index in [1.165, 1.54) is 24.3 Å². The molecule has 6 nitrogen and oxygen atoms in total. The normalized spacial score (nSPS) is 21.0. The number of aliphatic hydroxyl groups excluding tert-OH is 1. The van der Waals surface area contributed by atoms with E-state index < -0.39 is 15.9 Å². The zero-order chi connectivity index (χ0) is 16.9. The number of hydrogen-bond acceptors (Lipinski definition) is 4. The second-order valence-electron chi connectivity index (χ2n) is 5.53. The molecule has 2 unspecified atom stereocenters. The largest absolute Gasteiger partial charge is 0.386 e. The lowest BCUT2D eigenvalue weighted by molar-refractivity contribution is 0.187. The molecule has 136 valence electrons. The van der Waals surface area contributed by atoms with Crippen molar-refractivity contribution in [2.45, 2.75) is 25.5 Å². The zero-order valence-electron chi connectivity index (χ0n) is 13.4. The first-order valence-electron chi connectivity index (χ1n) is 7.58. The van der Waals surface area contributed by atoms with Crippen LogP contribution in [0.25, 0.3) is 0 Å². The van der Waals surface area contributed by atoms with Crippen LogP contribution in [0.4, 0.5) is 4.39 Å². The van der Waals surface area contributed by atoms with Crippen LogP contribution in [0.1, 0.15) is 25.0 Å². The quantitative estimate of drug-likeness (QED) is 0.342. The second kappa shape index (κ2) is 9.52. The molecule has 1 saturated heterocycles. The standard InChI is InChI=1S/C15H22FN3O3S.HI/c1-2-17-15(19-13-7-8-23(21,22)10-13)18-9-14(20)11-3-5-12(16)6-4-11;/h3-6,13-14,20H,2,7-10H2,1H3,(H2,17,18,19);1H. The highest BCUT2D eigenvalue weighted by atomic mass is 127. The Kier molecular flexibility index (Phi) is 8.37. The van der Waals surface area contributed by atoms with Crippen LogP contribution in [0.15, 0.2) is 29.3 Å². The molecule has 1 aliphatic heterocycles. The van der Waals surface area contributed by atoms with Crippen molar-refractivity contribution in [1.29, 1.82) is 0 Å². The van der Waals surface area contributed by atoms with Gasteiger partial charge >= 0.3 is 0 Å². The summed E-state index contributed by atoms with van der Waals surface area (Å²) < 4.78 is 35.9. The average Bonchev–Trinajstić information content (AvgIpc) is 2.84. The maximum absolute atomic E-state index is 12.9. The highest BCUT2D eigenvalue weighted by Crippen LogP contribution is 2.14. The van der Waals surface area contributed by atoms with Gasteiger partial charge in [-0.1, -0.05) is 12.1 Å². The summed E-state index contributed by atoms with van der Waals surface area (Å²) in [6.07, 6.45) is -0.300. The van der Waals surface area contributed by atoms with Gasteiger partial charge in [-0.15, -0.1) is 24.0 Å². The van der Waals surface area contributed by atoms with Crippen LogP contribution in [0.5, 0.6) is 0 Å². The number of nitrogens with one attached hydrogen (secondary N) is 2. The molecule has 1 aromatic carbocycles. The molecule has 1 aromatic rings. The SMILES string of the molecule is CCNC(=NCC(O)c1ccc(F)cc1)NC1CCS(=O)(=O)C1.I. The fourth-order valence-corrected chi connectivity index (χ4v) is 4.06. The van der Waals surface area contributed by atoms with Gasteiger partial charge in [-0.2, -0.15) is 0 Å². The van der Waals surface area contributed by atoms with Crippen molar-refractivity contribution in [2.75, 3.05) is 24.6 Å². The summed E-state index contributed by atoms with van der Waals surface area (Å²) in [7, 11) is -2.96. The molecule has 3 N–H and O–H groups in total. The first kappa shape index (κ1) is 21.1. The van der Waals surface area contributed by atoms with Gasteiger partial charge in [0.15, 0.2) is 15.8 Å². The molecule has 0 radical (unpaired) electrons. The summed E-state index contributed by atoms with van der Waals surface area (Å²) >= 11 is 0. The van der Waals surface area contributed by atoms with Gasteiger partial charge in [0.25, 0.3) is 0 Å². The molecule has 2 rings (SSSR count).